The van der Waals surface area contributed by atoms with Gasteiger partial charge in [-0.1, -0.05) is 29.8 Å². The van der Waals surface area contributed by atoms with E-state index in [1.807, 2.05) is 32.9 Å². The first-order chi connectivity index (χ1) is 13.8. The molecule has 0 aliphatic heterocycles. The van der Waals surface area contributed by atoms with Gasteiger partial charge in [0.2, 0.25) is 11.0 Å². The highest BCUT2D eigenvalue weighted by molar-refractivity contribution is 7.09. The Bertz CT molecular complexity index is 911. The second kappa shape index (κ2) is 9.22. The van der Waals surface area contributed by atoms with Crippen molar-refractivity contribution < 1.29 is 9.21 Å². The Morgan fingerprint density at radius 1 is 1.21 bits per heavy atom. The maximum atomic E-state index is 12.3. The summed E-state index contributed by atoms with van der Waals surface area (Å²) in [4.78, 5) is 19.1. The monoisotopic (exact) mass is 412 g/mol. The summed E-state index contributed by atoms with van der Waals surface area (Å²) in [5.74, 6) is 1.64. The molecule has 0 saturated carbocycles. The van der Waals surface area contributed by atoms with Crippen LogP contribution in [-0.4, -0.2) is 27.3 Å². The fraction of sp³-hybridized carbons (Fsp3) is 0.409. The SMILES string of the molecule is Cc1ccc(Cc2nsc(N(CCC(=O)NC(C)(C)C)Cc3ccco3)n2)cc1. The number of amides is 1. The zero-order chi connectivity index (χ0) is 20.9. The van der Waals surface area contributed by atoms with Crippen LogP contribution >= 0.6 is 11.5 Å². The fourth-order valence-corrected chi connectivity index (χ4v) is 3.59. The molecular formula is C22H28N4O2S. The number of carbonyl (C=O) groups is 1. The maximum Gasteiger partial charge on any atom is 0.222 e. The Morgan fingerprint density at radius 3 is 2.62 bits per heavy atom. The number of carbonyl (C=O) groups excluding carboxylic acids is 1. The summed E-state index contributed by atoms with van der Waals surface area (Å²) in [6.07, 6.45) is 2.73. The van der Waals surface area contributed by atoms with Crippen LogP contribution in [-0.2, 0) is 17.8 Å². The van der Waals surface area contributed by atoms with Gasteiger partial charge >= 0.3 is 0 Å². The molecule has 29 heavy (non-hydrogen) atoms. The predicted octanol–water partition coefficient (Wildman–Crippen LogP) is 4.34. The van der Waals surface area contributed by atoms with E-state index in [4.69, 9.17) is 9.40 Å². The van der Waals surface area contributed by atoms with Gasteiger partial charge in [-0.15, -0.1) is 0 Å². The second-order valence-corrected chi connectivity index (χ2v) is 8.93. The number of aryl methyl sites for hydroxylation is 1. The highest BCUT2D eigenvalue weighted by atomic mass is 32.1. The summed E-state index contributed by atoms with van der Waals surface area (Å²) >= 11 is 1.36. The molecule has 0 spiro atoms. The van der Waals surface area contributed by atoms with Gasteiger partial charge in [0.15, 0.2) is 0 Å². The quantitative estimate of drug-likeness (QED) is 0.596. The van der Waals surface area contributed by atoms with Crippen LogP contribution in [0.15, 0.2) is 47.1 Å². The second-order valence-electron chi connectivity index (χ2n) is 8.20. The molecule has 0 aliphatic carbocycles. The summed E-state index contributed by atoms with van der Waals surface area (Å²) in [5.41, 5.74) is 2.17. The van der Waals surface area contributed by atoms with Crippen LogP contribution in [0.2, 0.25) is 0 Å². The lowest BCUT2D eigenvalue weighted by atomic mass is 10.1. The topological polar surface area (TPSA) is 71.3 Å². The molecule has 6 nitrogen and oxygen atoms in total. The van der Waals surface area contributed by atoms with Crippen molar-refractivity contribution in [1.82, 2.24) is 14.7 Å². The molecule has 1 aromatic carbocycles. The van der Waals surface area contributed by atoms with Gasteiger partial charge in [-0.25, -0.2) is 4.98 Å². The van der Waals surface area contributed by atoms with Crippen molar-refractivity contribution in [2.75, 3.05) is 11.4 Å². The Kier molecular flexibility index (Phi) is 6.69. The summed E-state index contributed by atoms with van der Waals surface area (Å²) in [5, 5.41) is 3.80. The standard InChI is InChI=1S/C22H28N4O2S/c1-16-7-9-17(10-8-16)14-19-23-21(29-25-19)26(15-18-6-5-13-28-18)12-11-20(27)24-22(2,3)4/h5-10,13H,11-12,14-15H2,1-4H3,(H,24,27). The van der Waals surface area contributed by atoms with E-state index in [9.17, 15) is 4.79 Å². The van der Waals surface area contributed by atoms with E-state index in [0.717, 1.165) is 16.7 Å². The van der Waals surface area contributed by atoms with E-state index < -0.39 is 0 Å². The average Bonchev–Trinajstić information content (AvgIpc) is 3.31. The minimum Gasteiger partial charge on any atom is -0.467 e. The van der Waals surface area contributed by atoms with E-state index in [1.165, 1.54) is 22.7 Å². The lowest BCUT2D eigenvalue weighted by molar-refractivity contribution is -0.122. The van der Waals surface area contributed by atoms with Crippen LogP contribution in [0.4, 0.5) is 5.13 Å². The van der Waals surface area contributed by atoms with Crippen molar-refractivity contribution in [2.24, 2.45) is 0 Å². The lowest BCUT2D eigenvalue weighted by Crippen LogP contribution is -2.42. The number of nitrogens with zero attached hydrogens (tertiary/aromatic N) is 3. The van der Waals surface area contributed by atoms with Crippen LogP contribution in [0.5, 0.6) is 0 Å². The third kappa shape index (κ3) is 6.71. The third-order valence-electron chi connectivity index (χ3n) is 4.26. The van der Waals surface area contributed by atoms with Gasteiger partial charge in [0.05, 0.1) is 12.8 Å². The summed E-state index contributed by atoms with van der Waals surface area (Å²) < 4.78 is 10.0. The molecule has 0 unspecified atom stereocenters. The Morgan fingerprint density at radius 2 is 1.97 bits per heavy atom. The molecule has 7 heteroatoms. The molecule has 1 amide bonds. The summed E-state index contributed by atoms with van der Waals surface area (Å²) in [6, 6.07) is 12.2. The molecule has 2 aromatic heterocycles. The van der Waals surface area contributed by atoms with Crippen LogP contribution in [0.25, 0.3) is 0 Å². The zero-order valence-electron chi connectivity index (χ0n) is 17.4. The molecule has 3 rings (SSSR count). The van der Waals surface area contributed by atoms with Gasteiger partial charge in [0.25, 0.3) is 0 Å². The number of anilines is 1. The largest absolute Gasteiger partial charge is 0.467 e. The average molecular weight is 413 g/mol. The van der Waals surface area contributed by atoms with Crippen LogP contribution < -0.4 is 10.2 Å². The van der Waals surface area contributed by atoms with Crippen molar-refractivity contribution in [1.29, 1.82) is 0 Å². The van der Waals surface area contributed by atoms with Crippen LogP contribution in [0.1, 0.15) is 49.9 Å². The van der Waals surface area contributed by atoms with Crippen molar-refractivity contribution in [2.45, 2.75) is 52.6 Å². The van der Waals surface area contributed by atoms with Crippen molar-refractivity contribution >= 4 is 22.6 Å². The number of hydrogen-bond acceptors (Lipinski definition) is 6. The summed E-state index contributed by atoms with van der Waals surface area (Å²) in [6.45, 7) is 9.11. The van der Waals surface area contributed by atoms with Gasteiger partial charge in [0, 0.05) is 36.5 Å². The number of hydrogen-bond donors (Lipinski definition) is 1. The molecule has 0 aliphatic rings. The molecule has 3 aromatic rings. The van der Waals surface area contributed by atoms with Crippen LogP contribution in [0.3, 0.4) is 0 Å². The van der Waals surface area contributed by atoms with Crippen LogP contribution in [0, 0.1) is 6.92 Å². The number of benzene rings is 1. The number of rotatable bonds is 8. The molecular weight excluding hydrogens is 384 g/mol. The van der Waals surface area contributed by atoms with Gasteiger partial charge < -0.3 is 14.6 Å². The normalized spacial score (nSPS) is 11.4. The Hall–Kier alpha value is -2.67. The maximum absolute atomic E-state index is 12.3. The first-order valence-corrected chi connectivity index (χ1v) is 10.5. The van der Waals surface area contributed by atoms with Crippen molar-refractivity contribution in [3.8, 4) is 0 Å². The van der Waals surface area contributed by atoms with Gasteiger partial charge in [-0.05, 0) is 45.4 Å². The molecule has 0 bridgehead atoms. The third-order valence-corrected chi connectivity index (χ3v) is 5.08. The Labute approximate surface area is 176 Å². The van der Waals surface area contributed by atoms with E-state index >= 15 is 0 Å². The minimum absolute atomic E-state index is 0.0198. The van der Waals surface area contributed by atoms with E-state index in [1.54, 1.807) is 6.26 Å². The predicted molar refractivity (Wildman–Crippen MR) is 116 cm³/mol. The first-order valence-electron chi connectivity index (χ1n) is 9.75. The van der Waals surface area contributed by atoms with Gasteiger partial charge in [-0.2, -0.15) is 4.37 Å². The zero-order valence-corrected chi connectivity index (χ0v) is 18.3. The van der Waals surface area contributed by atoms with Gasteiger partial charge in [-0.3, -0.25) is 4.79 Å². The van der Waals surface area contributed by atoms with E-state index in [-0.39, 0.29) is 11.4 Å². The molecule has 0 fully saturated rings. The summed E-state index contributed by atoms with van der Waals surface area (Å²) in [7, 11) is 0. The van der Waals surface area contributed by atoms with E-state index in [0.29, 0.717) is 25.9 Å². The number of nitrogens with one attached hydrogen (secondary N) is 1. The van der Waals surface area contributed by atoms with Crippen molar-refractivity contribution in [3.63, 3.8) is 0 Å². The lowest BCUT2D eigenvalue weighted by Gasteiger charge is -2.23. The molecule has 1 N–H and O–H groups in total. The number of furan rings is 1. The molecule has 0 radical (unpaired) electrons. The minimum atomic E-state index is -0.243. The molecule has 0 saturated heterocycles. The Balaban J connectivity index is 1.69. The highest BCUT2D eigenvalue weighted by Crippen LogP contribution is 2.22. The van der Waals surface area contributed by atoms with Gasteiger partial charge in [0.1, 0.15) is 11.6 Å². The number of aromatic nitrogens is 2. The smallest absolute Gasteiger partial charge is 0.222 e. The van der Waals surface area contributed by atoms with Crippen molar-refractivity contribution in [3.05, 3.63) is 65.4 Å². The molecule has 0 atom stereocenters. The first kappa shape index (κ1) is 21.0. The molecule has 2 heterocycles. The van der Waals surface area contributed by atoms with E-state index in [2.05, 4.69) is 45.8 Å². The molecule has 154 valence electrons. The fourth-order valence-electron chi connectivity index (χ4n) is 2.88. The highest BCUT2D eigenvalue weighted by Gasteiger charge is 2.18.